The predicted molar refractivity (Wildman–Crippen MR) is 87.4 cm³/mol. The molecule has 0 radical (unpaired) electrons. The Balaban J connectivity index is 2.45. The van der Waals surface area contributed by atoms with Crippen LogP contribution in [0.2, 0.25) is 0 Å². The summed E-state index contributed by atoms with van der Waals surface area (Å²) in [4.78, 5) is 12.0. The zero-order valence-corrected chi connectivity index (χ0v) is 13.6. The van der Waals surface area contributed by atoms with Crippen LogP contribution in [0.4, 0.5) is 0 Å². The number of benzene rings is 1. The molecule has 1 aromatic rings. The Morgan fingerprint density at radius 2 is 1.90 bits per heavy atom. The Labute approximate surface area is 129 Å². The van der Waals surface area contributed by atoms with Crippen molar-refractivity contribution in [1.82, 2.24) is 5.32 Å². The third-order valence-electron chi connectivity index (χ3n) is 3.85. The van der Waals surface area contributed by atoms with Crippen molar-refractivity contribution in [3.63, 3.8) is 0 Å². The van der Waals surface area contributed by atoms with E-state index in [2.05, 4.69) is 19.2 Å². The number of carbonyl (C=O) groups excluding carboxylic acids is 1. The standard InChI is InChI=1S/C18H29NO2/c1-4-5-6-8-11-15(2)19-14-17(18(20)21-3)16-12-9-7-10-13-16/h7,9-10,12-13,15,17,19H,4-6,8,11,14H2,1-3H3. The van der Waals surface area contributed by atoms with Gasteiger partial charge in [-0.2, -0.15) is 0 Å². The molecule has 2 atom stereocenters. The van der Waals surface area contributed by atoms with E-state index in [0.29, 0.717) is 12.6 Å². The lowest BCUT2D eigenvalue weighted by molar-refractivity contribution is -0.142. The summed E-state index contributed by atoms with van der Waals surface area (Å²) in [5.74, 6) is -0.402. The summed E-state index contributed by atoms with van der Waals surface area (Å²) < 4.78 is 4.93. The monoisotopic (exact) mass is 291 g/mol. The van der Waals surface area contributed by atoms with Gasteiger partial charge in [-0.05, 0) is 18.9 Å². The first-order chi connectivity index (χ1) is 10.2. The lowest BCUT2D eigenvalue weighted by Crippen LogP contribution is -2.33. The van der Waals surface area contributed by atoms with Crippen molar-refractivity contribution in [3.05, 3.63) is 35.9 Å². The molecular formula is C18H29NO2. The molecule has 0 bridgehead atoms. The largest absolute Gasteiger partial charge is 0.469 e. The van der Waals surface area contributed by atoms with Crippen molar-refractivity contribution < 1.29 is 9.53 Å². The maximum absolute atomic E-state index is 12.0. The number of rotatable bonds is 10. The second kappa shape index (κ2) is 10.4. The highest BCUT2D eigenvalue weighted by atomic mass is 16.5. The van der Waals surface area contributed by atoms with E-state index in [-0.39, 0.29) is 11.9 Å². The van der Waals surface area contributed by atoms with Gasteiger partial charge in [-0.15, -0.1) is 0 Å². The highest BCUT2D eigenvalue weighted by Gasteiger charge is 2.21. The van der Waals surface area contributed by atoms with E-state index in [0.717, 1.165) is 12.0 Å². The molecule has 0 aliphatic carbocycles. The molecule has 0 fully saturated rings. The summed E-state index contributed by atoms with van der Waals surface area (Å²) in [6, 6.07) is 10.3. The Kier molecular flexibility index (Phi) is 8.76. The summed E-state index contributed by atoms with van der Waals surface area (Å²) in [5, 5.41) is 3.47. The third-order valence-corrected chi connectivity index (χ3v) is 3.85. The molecule has 0 aliphatic heterocycles. The number of esters is 1. The molecule has 0 spiro atoms. The molecule has 0 heterocycles. The van der Waals surface area contributed by atoms with E-state index in [4.69, 9.17) is 4.74 Å². The number of unbranched alkanes of at least 4 members (excludes halogenated alkanes) is 3. The van der Waals surface area contributed by atoms with Crippen molar-refractivity contribution in [2.24, 2.45) is 0 Å². The lowest BCUT2D eigenvalue weighted by Gasteiger charge is -2.19. The van der Waals surface area contributed by atoms with Crippen LogP contribution in [0.1, 0.15) is 57.4 Å². The number of ether oxygens (including phenoxy) is 1. The van der Waals surface area contributed by atoms with Gasteiger partial charge in [0.15, 0.2) is 0 Å². The number of methoxy groups -OCH3 is 1. The topological polar surface area (TPSA) is 38.3 Å². The fraction of sp³-hybridized carbons (Fsp3) is 0.611. The van der Waals surface area contributed by atoms with Gasteiger partial charge in [-0.25, -0.2) is 0 Å². The first kappa shape index (κ1) is 17.7. The van der Waals surface area contributed by atoms with Crippen molar-refractivity contribution >= 4 is 5.97 Å². The summed E-state index contributed by atoms with van der Waals surface area (Å²) in [7, 11) is 1.45. The highest BCUT2D eigenvalue weighted by Crippen LogP contribution is 2.17. The summed E-state index contributed by atoms with van der Waals surface area (Å²) in [6.45, 7) is 5.04. The van der Waals surface area contributed by atoms with E-state index < -0.39 is 0 Å². The second-order valence-corrected chi connectivity index (χ2v) is 5.65. The molecule has 118 valence electrons. The molecule has 1 aromatic carbocycles. The number of carbonyl (C=O) groups is 1. The van der Waals surface area contributed by atoms with Crippen molar-refractivity contribution in [2.45, 2.75) is 57.9 Å². The predicted octanol–water partition coefficient (Wildman–Crippen LogP) is 3.89. The molecule has 3 nitrogen and oxygen atoms in total. The summed E-state index contributed by atoms with van der Waals surface area (Å²) in [6.07, 6.45) is 6.27. The van der Waals surface area contributed by atoms with Crippen molar-refractivity contribution in [3.8, 4) is 0 Å². The normalized spacial score (nSPS) is 13.7. The van der Waals surface area contributed by atoms with Crippen LogP contribution in [0, 0.1) is 0 Å². The van der Waals surface area contributed by atoms with Gasteiger partial charge in [0.25, 0.3) is 0 Å². The van der Waals surface area contributed by atoms with Gasteiger partial charge in [0.05, 0.1) is 13.0 Å². The minimum atomic E-state index is -0.228. The Morgan fingerprint density at radius 3 is 2.52 bits per heavy atom. The molecule has 2 unspecified atom stereocenters. The quantitative estimate of drug-likeness (QED) is 0.525. The van der Waals surface area contributed by atoms with E-state index in [1.165, 1.54) is 32.8 Å². The van der Waals surface area contributed by atoms with Gasteiger partial charge >= 0.3 is 5.97 Å². The SMILES string of the molecule is CCCCCCC(C)NCC(C(=O)OC)c1ccccc1. The number of hydrogen-bond donors (Lipinski definition) is 1. The van der Waals surface area contributed by atoms with Crippen LogP contribution in [0.15, 0.2) is 30.3 Å². The minimum Gasteiger partial charge on any atom is -0.469 e. The lowest BCUT2D eigenvalue weighted by atomic mass is 9.98. The van der Waals surface area contributed by atoms with Gasteiger partial charge in [0.1, 0.15) is 0 Å². The molecular weight excluding hydrogens is 262 g/mol. The average molecular weight is 291 g/mol. The molecule has 0 saturated heterocycles. The smallest absolute Gasteiger partial charge is 0.314 e. The molecule has 1 N–H and O–H groups in total. The molecule has 0 saturated carbocycles. The van der Waals surface area contributed by atoms with Gasteiger partial charge < -0.3 is 10.1 Å². The second-order valence-electron chi connectivity index (χ2n) is 5.65. The van der Waals surface area contributed by atoms with Gasteiger partial charge in [0, 0.05) is 12.6 Å². The van der Waals surface area contributed by atoms with Crippen molar-refractivity contribution in [2.75, 3.05) is 13.7 Å². The molecule has 21 heavy (non-hydrogen) atoms. The average Bonchev–Trinajstić information content (AvgIpc) is 2.52. The van der Waals surface area contributed by atoms with E-state index in [1.54, 1.807) is 0 Å². The summed E-state index contributed by atoms with van der Waals surface area (Å²) in [5.41, 5.74) is 1.01. The third kappa shape index (κ3) is 6.76. The maximum Gasteiger partial charge on any atom is 0.314 e. The molecule has 1 rings (SSSR count). The fourth-order valence-corrected chi connectivity index (χ4v) is 2.46. The van der Waals surface area contributed by atoms with E-state index in [9.17, 15) is 4.79 Å². The Hall–Kier alpha value is -1.35. The van der Waals surface area contributed by atoms with Gasteiger partial charge in [-0.3, -0.25) is 4.79 Å². The minimum absolute atomic E-state index is 0.174. The zero-order valence-electron chi connectivity index (χ0n) is 13.6. The maximum atomic E-state index is 12.0. The molecule has 3 heteroatoms. The number of nitrogens with one attached hydrogen (secondary N) is 1. The summed E-state index contributed by atoms with van der Waals surface area (Å²) >= 11 is 0. The number of hydrogen-bond acceptors (Lipinski definition) is 3. The molecule has 0 amide bonds. The van der Waals surface area contributed by atoms with E-state index >= 15 is 0 Å². The van der Waals surface area contributed by atoms with Crippen LogP contribution in [0.25, 0.3) is 0 Å². The van der Waals surface area contributed by atoms with Crippen LogP contribution in [0.5, 0.6) is 0 Å². The molecule has 0 aromatic heterocycles. The highest BCUT2D eigenvalue weighted by molar-refractivity contribution is 5.78. The van der Waals surface area contributed by atoms with Crippen LogP contribution < -0.4 is 5.32 Å². The molecule has 0 aliphatic rings. The van der Waals surface area contributed by atoms with Gasteiger partial charge in [0.2, 0.25) is 0 Å². The van der Waals surface area contributed by atoms with Gasteiger partial charge in [-0.1, -0.05) is 62.9 Å². The Morgan fingerprint density at radius 1 is 1.19 bits per heavy atom. The first-order valence-corrected chi connectivity index (χ1v) is 8.05. The fourth-order valence-electron chi connectivity index (χ4n) is 2.46. The van der Waals surface area contributed by atoms with Crippen LogP contribution in [0.3, 0.4) is 0 Å². The van der Waals surface area contributed by atoms with E-state index in [1.807, 2.05) is 30.3 Å². The van der Waals surface area contributed by atoms with Crippen molar-refractivity contribution in [1.29, 1.82) is 0 Å². The van der Waals surface area contributed by atoms with Crippen LogP contribution >= 0.6 is 0 Å². The van der Waals surface area contributed by atoms with Crippen LogP contribution in [-0.2, 0) is 9.53 Å². The Bertz CT molecular complexity index is 391. The van der Waals surface area contributed by atoms with Crippen LogP contribution in [-0.4, -0.2) is 25.7 Å². The first-order valence-electron chi connectivity index (χ1n) is 8.05. The zero-order chi connectivity index (χ0) is 15.5.